The molecule has 0 bridgehead atoms. The summed E-state index contributed by atoms with van der Waals surface area (Å²) in [5.41, 5.74) is -0.803. The molecule has 3 aliphatic rings. The summed E-state index contributed by atoms with van der Waals surface area (Å²) in [4.78, 5) is 36.4. The van der Waals surface area contributed by atoms with E-state index in [0.29, 0.717) is 19.4 Å². The summed E-state index contributed by atoms with van der Waals surface area (Å²) < 4.78 is 42.8. The molecule has 1 aromatic heterocycles. The van der Waals surface area contributed by atoms with Gasteiger partial charge in [0.2, 0.25) is 0 Å². The van der Waals surface area contributed by atoms with E-state index in [9.17, 15) is 27.9 Å². The van der Waals surface area contributed by atoms with E-state index in [1.807, 2.05) is 27.7 Å². The zero-order valence-corrected chi connectivity index (χ0v) is 21.6. The molecule has 3 heterocycles. The predicted octanol–water partition coefficient (Wildman–Crippen LogP) is 3.73. The van der Waals surface area contributed by atoms with Crippen molar-refractivity contribution >= 4 is 34.6 Å². The minimum atomic E-state index is -4.60. The van der Waals surface area contributed by atoms with Gasteiger partial charge in [0.05, 0.1) is 22.9 Å². The van der Waals surface area contributed by atoms with Crippen LogP contribution < -0.4 is 10.6 Å². The number of amidine groups is 1. The van der Waals surface area contributed by atoms with Gasteiger partial charge in [0.25, 0.3) is 11.8 Å². The fourth-order valence-electron chi connectivity index (χ4n) is 4.63. The lowest BCUT2D eigenvalue weighted by molar-refractivity contribution is -0.156. The van der Waals surface area contributed by atoms with Gasteiger partial charge in [-0.2, -0.15) is 13.2 Å². The van der Waals surface area contributed by atoms with Gasteiger partial charge in [-0.3, -0.25) is 9.59 Å². The first-order chi connectivity index (χ1) is 16.7. The van der Waals surface area contributed by atoms with E-state index in [1.54, 1.807) is 4.90 Å². The van der Waals surface area contributed by atoms with E-state index in [2.05, 4.69) is 20.6 Å². The molecule has 36 heavy (non-hydrogen) atoms. The Balaban J connectivity index is 1.75. The lowest BCUT2D eigenvalue weighted by Crippen LogP contribution is -2.50. The first-order valence-electron chi connectivity index (χ1n) is 12.2. The van der Waals surface area contributed by atoms with Gasteiger partial charge < -0.3 is 20.6 Å². The second-order valence-corrected chi connectivity index (χ2v) is 11.7. The minimum absolute atomic E-state index is 0.0132. The Morgan fingerprint density at radius 2 is 1.92 bits per heavy atom. The summed E-state index contributed by atoms with van der Waals surface area (Å²) in [6, 6.07) is -0.510. The van der Waals surface area contributed by atoms with Crippen LogP contribution >= 0.6 is 11.3 Å². The molecule has 2 amide bonds. The molecule has 1 saturated carbocycles. The highest BCUT2D eigenvalue weighted by Gasteiger charge is 2.47. The number of allylic oxidation sites excluding steroid dienone is 1. The van der Waals surface area contributed by atoms with E-state index >= 15 is 0 Å². The standard InChI is InChI=1S/C24H32F3N5O3S/c1-12-6-5-9-32(12)22(35)18-19(36-21(30-18)20(34)29-15-7-8-16(15)33)13-11-28-17(31-23(2,3)4)10-14(13)24(25,26)27/h11-12,14-16,33H,5-10H2,1-4H3,(H,28,31)(H,29,34)/t12-,14?,15?,16?/m0/s1. The number of carbonyl (C=O) groups excluding carboxylic acids is 2. The predicted molar refractivity (Wildman–Crippen MR) is 131 cm³/mol. The van der Waals surface area contributed by atoms with Crippen LogP contribution in [0.2, 0.25) is 0 Å². The number of halogens is 3. The average molecular weight is 528 g/mol. The largest absolute Gasteiger partial charge is 0.396 e. The number of hydrogen-bond donors (Lipinski definition) is 3. The summed E-state index contributed by atoms with van der Waals surface area (Å²) in [6.45, 7) is 7.86. The van der Waals surface area contributed by atoms with Crippen LogP contribution in [0.3, 0.4) is 0 Å². The van der Waals surface area contributed by atoms with Crippen molar-refractivity contribution in [1.29, 1.82) is 0 Å². The second kappa shape index (κ2) is 9.77. The number of rotatable bonds is 4. The fourth-order valence-corrected chi connectivity index (χ4v) is 5.65. The topological polar surface area (TPSA) is 107 Å². The van der Waals surface area contributed by atoms with Crippen molar-refractivity contribution in [3.8, 4) is 0 Å². The molecule has 2 aliphatic heterocycles. The van der Waals surface area contributed by atoms with E-state index in [1.165, 1.54) is 0 Å². The highest BCUT2D eigenvalue weighted by molar-refractivity contribution is 7.15. The zero-order valence-electron chi connectivity index (χ0n) is 20.8. The molecule has 1 aliphatic carbocycles. The van der Waals surface area contributed by atoms with Crippen LogP contribution in [0.15, 0.2) is 11.2 Å². The molecule has 4 rings (SSSR count). The number of aliphatic hydroxyl groups is 1. The number of nitrogens with zero attached hydrogens (tertiary/aromatic N) is 3. The fraction of sp³-hybridized carbons (Fsp3) is 0.667. The lowest BCUT2D eigenvalue weighted by atomic mass is 9.89. The number of nitrogens with one attached hydrogen (secondary N) is 2. The van der Waals surface area contributed by atoms with Crippen molar-refractivity contribution < 1.29 is 27.9 Å². The molecular weight excluding hydrogens is 495 g/mol. The van der Waals surface area contributed by atoms with Crippen LogP contribution in [-0.2, 0) is 0 Å². The number of aromatic nitrogens is 1. The van der Waals surface area contributed by atoms with Crippen molar-refractivity contribution in [3.63, 3.8) is 0 Å². The molecule has 3 N–H and O–H groups in total. The van der Waals surface area contributed by atoms with Gasteiger partial charge in [0, 0.05) is 36.3 Å². The first kappa shape index (κ1) is 26.6. The SMILES string of the molecule is C[C@H]1CCCN1C(=O)c1nc(C(=O)NC2CCC2O)sc1C1=CN=C(NC(C)(C)C)CC1C(F)(F)F. The summed E-state index contributed by atoms with van der Waals surface area (Å²) in [5, 5.41) is 15.4. The van der Waals surface area contributed by atoms with Gasteiger partial charge in [0.15, 0.2) is 5.01 Å². The lowest BCUT2D eigenvalue weighted by Gasteiger charge is -2.32. The van der Waals surface area contributed by atoms with Gasteiger partial charge >= 0.3 is 6.18 Å². The number of likely N-dealkylation sites (tertiary alicyclic amines) is 1. The summed E-state index contributed by atoms with van der Waals surface area (Å²) in [7, 11) is 0. The smallest absolute Gasteiger partial charge is 0.391 e. The van der Waals surface area contributed by atoms with Gasteiger partial charge in [-0.15, -0.1) is 11.3 Å². The minimum Gasteiger partial charge on any atom is -0.391 e. The van der Waals surface area contributed by atoms with Gasteiger partial charge in [0.1, 0.15) is 11.5 Å². The summed E-state index contributed by atoms with van der Waals surface area (Å²) >= 11 is 0.764. The number of carbonyl (C=O) groups is 2. The molecule has 1 aromatic rings. The number of aliphatic hydroxyl groups excluding tert-OH is 1. The average Bonchev–Trinajstić information content (AvgIpc) is 3.41. The normalized spacial score (nSPS) is 26.7. The van der Waals surface area contributed by atoms with E-state index in [0.717, 1.165) is 30.4 Å². The molecule has 198 valence electrons. The quantitative estimate of drug-likeness (QED) is 0.553. The summed E-state index contributed by atoms with van der Waals surface area (Å²) in [6.07, 6.45) is -1.79. The maximum atomic E-state index is 14.3. The van der Waals surface area contributed by atoms with Crippen LogP contribution in [-0.4, -0.2) is 69.1 Å². The maximum Gasteiger partial charge on any atom is 0.396 e. The van der Waals surface area contributed by atoms with Crippen molar-refractivity contribution in [2.45, 2.75) is 89.7 Å². The van der Waals surface area contributed by atoms with Gasteiger partial charge in [-0.1, -0.05) is 0 Å². The Morgan fingerprint density at radius 1 is 1.19 bits per heavy atom. The Hall–Kier alpha value is -2.47. The highest BCUT2D eigenvalue weighted by atomic mass is 32.1. The monoisotopic (exact) mass is 527 g/mol. The van der Waals surface area contributed by atoms with E-state index in [4.69, 9.17) is 0 Å². The molecule has 1 saturated heterocycles. The molecule has 4 atom stereocenters. The molecule has 8 nitrogen and oxygen atoms in total. The van der Waals surface area contributed by atoms with Crippen molar-refractivity contribution in [2.75, 3.05) is 6.54 Å². The zero-order chi connectivity index (χ0) is 26.4. The third-order valence-electron chi connectivity index (χ3n) is 6.70. The first-order valence-corrected chi connectivity index (χ1v) is 13.0. The third kappa shape index (κ3) is 5.59. The van der Waals surface area contributed by atoms with E-state index < -0.39 is 48.0 Å². The number of hydrogen-bond acceptors (Lipinski definition) is 7. The molecule has 0 radical (unpaired) electrons. The number of amides is 2. The molecular formula is C24H32F3N5O3S. The highest BCUT2D eigenvalue weighted by Crippen LogP contribution is 2.44. The molecule has 0 spiro atoms. The van der Waals surface area contributed by atoms with E-state index in [-0.39, 0.29) is 33.0 Å². The second-order valence-electron chi connectivity index (χ2n) is 10.7. The number of aliphatic imine (C=N–C) groups is 1. The van der Waals surface area contributed by atoms with Crippen LogP contribution in [0.1, 0.15) is 85.0 Å². The van der Waals surface area contributed by atoms with Gasteiger partial charge in [-0.05, 0) is 53.4 Å². The Morgan fingerprint density at radius 3 is 2.44 bits per heavy atom. The summed E-state index contributed by atoms with van der Waals surface area (Å²) in [5.74, 6) is -2.81. The van der Waals surface area contributed by atoms with Crippen LogP contribution in [0, 0.1) is 5.92 Å². The molecule has 3 unspecified atom stereocenters. The van der Waals surface area contributed by atoms with Crippen LogP contribution in [0.25, 0.3) is 5.57 Å². The number of thiazole rings is 1. The van der Waals surface area contributed by atoms with Crippen LogP contribution in [0.4, 0.5) is 13.2 Å². The van der Waals surface area contributed by atoms with Crippen LogP contribution in [0.5, 0.6) is 0 Å². The Labute approximate surface area is 212 Å². The van der Waals surface area contributed by atoms with Crippen molar-refractivity contribution in [2.24, 2.45) is 10.9 Å². The third-order valence-corrected chi connectivity index (χ3v) is 7.80. The number of alkyl halides is 3. The van der Waals surface area contributed by atoms with Crippen molar-refractivity contribution in [1.82, 2.24) is 20.5 Å². The van der Waals surface area contributed by atoms with Crippen molar-refractivity contribution in [3.05, 3.63) is 21.8 Å². The maximum absolute atomic E-state index is 14.3. The molecule has 0 aromatic carbocycles. The van der Waals surface area contributed by atoms with Gasteiger partial charge in [-0.25, -0.2) is 9.98 Å². The molecule has 2 fully saturated rings. The molecule has 12 heteroatoms. The Bertz CT molecular complexity index is 1090. The Kier molecular flexibility index (Phi) is 7.22.